The summed E-state index contributed by atoms with van der Waals surface area (Å²) in [7, 11) is 0. The van der Waals surface area contributed by atoms with E-state index >= 15 is 0 Å². The fourth-order valence-corrected chi connectivity index (χ4v) is 7.92. The predicted octanol–water partition coefficient (Wildman–Crippen LogP) is 3.34. The minimum Gasteiger partial charge on any atom is -0.458 e. The van der Waals surface area contributed by atoms with Crippen LogP contribution in [0.4, 0.5) is 0 Å². The van der Waals surface area contributed by atoms with Gasteiger partial charge in [-0.2, -0.15) is 0 Å². The quantitative estimate of drug-likeness (QED) is 0.591. The number of carbonyl (C=O) groups is 4. The summed E-state index contributed by atoms with van der Waals surface area (Å²) in [5.41, 5.74) is -0.960. The summed E-state index contributed by atoms with van der Waals surface area (Å²) in [5, 5.41) is 9.26. The number of allylic oxidation sites excluding steroid dienone is 4. The molecule has 0 unspecified atom stereocenters. The average molecular weight is 473 g/mol. The lowest BCUT2D eigenvalue weighted by Gasteiger charge is -2.59. The van der Waals surface area contributed by atoms with E-state index in [4.69, 9.17) is 9.47 Å². The van der Waals surface area contributed by atoms with Gasteiger partial charge in [0, 0.05) is 17.8 Å². The van der Waals surface area contributed by atoms with E-state index in [1.54, 1.807) is 6.08 Å². The van der Waals surface area contributed by atoms with Crippen molar-refractivity contribution in [1.82, 2.24) is 0 Å². The molecule has 0 saturated heterocycles. The van der Waals surface area contributed by atoms with Crippen LogP contribution in [0.25, 0.3) is 0 Å². The van der Waals surface area contributed by atoms with Crippen molar-refractivity contribution in [3.8, 4) is 0 Å². The first kappa shape index (κ1) is 24.8. The van der Waals surface area contributed by atoms with E-state index in [1.807, 2.05) is 6.08 Å². The van der Waals surface area contributed by atoms with Gasteiger partial charge in [-0.25, -0.2) is 0 Å². The Morgan fingerprint density at radius 3 is 2.53 bits per heavy atom. The molecule has 0 aromatic rings. The van der Waals surface area contributed by atoms with Crippen molar-refractivity contribution >= 4 is 23.5 Å². The van der Waals surface area contributed by atoms with Crippen molar-refractivity contribution in [3.05, 3.63) is 23.8 Å². The Kier molecular flexibility index (Phi) is 6.38. The molecule has 186 valence electrons. The number of esters is 2. The molecular formula is C27H36O7. The van der Waals surface area contributed by atoms with Gasteiger partial charge in [0.2, 0.25) is 5.78 Å². The largest absolute Gasteiger partial charge is 0.458 e. The van der Waals surface area contributed by atoms with E-state index in [-0.39, 0.29) is 41.8 Å². The normalized spacial score (nSPS) is 40.5. The zero-order chi connectivity index (χ0) is 24.9. The topological polar surface area (TPSA) is 107 Å². The minimum atomic E-state index is -1.37. The van der Waals surface area contributed by atoms with Gasteiger partial charge < -0.3 is 14.6 Å². The van der Waals surface area contributed by atoms with Crippen LogP contribution in [0.3, 0.4) is 0 Å². The molecule has 34 heavy (non-hydrogen) atoms. The number of aliphatic hydroxyl groups is 1. The number of Topliss-reactive ketones (excluding diaryl/α,β-unsaturated/α-hetero) is 1. The molecule has 0 aromatic carbocycles. The smallest absolute Gasteiger partial charge is 0.309 e. The standard InChI is InChI=1S/C27H36O7/c1-16-13-19-20(25(3)9-5-18(30)14-22(16)25)6-10-26(4)21(19)7-11-27(26,34-24(32)8-12-28)23(31)15-33-17(2)29/h5,9,14,16,19-21,28H,6-8,10-13,15H2,1-4H3/t16-,19+,20-,21-,25+,26-,27-/m0/s1. The first-order chi connectivity index (χ1) is 16.0. The number of hydrogen-bond acceptors (Lipinski definition) is 7. The Morgan fingerprint density at radius 2 is 1.85 bits per heavy atom. The third kappa shape index (κ3) is 3.67. The molecule has 4 aliphatic rings. The number of aliphatic hydroxyl groups excluding tert-OH is 1. The summed E-state index contributed by atoms with van der Waals surface area (Å²) >= 11 is 0. The van der Waals surface area contributed by atoms with Crippen LogP contribution in [-0.4, -0.2) is 47.4 Å². The highest BCUT2D eigenvalue weighted by atomic mass is 16.6. The Balaban J connectivity index is 1.70. The summed E-state index contributed by atoms with van der Waals surface area (Å²) in [6, 6.07) is 0. The molecule has 0 heterocycles. The number of hydrogen-bond donors (Lipinski definition) is 1. The number of rotatable bonds is 6. The molecule has 0 aromatic heterocycles. The van der Waals surface area contributed by atoms with Crippen LogP contribution in [0.1, 0.15) is 66.2 Å². The maximum atomic E-state index is 13.5. The fourth-order valence-electron chi connectivity index (χ4n) is 7.92. The Morgan fingerprint density at radius 1 is 1.15 bits per heavy atom. The van der Waals surface area contributed by atoms with Gasteiger partial charge in [0.05, 0.1) is 13.0 Å². The van der Waals surface area contributed by atoms with Gasteiger partial charge in [0.15, 0.2) is 18.0 Å². The van der Waals surface area contributed by atoms with E-state index in [0.717, 1.165) is 19.3 Å². The third-order valence-electron chi connectivity index (χ3n) is 9.46. The van der Waals surface area contributed by atoms with Crippen LogP contribution < -0.4 is 0 Å². The Bertz CT molecular complexity index is 964. The highest BCUT2D eigenvalue weighted by Gasteiger charge is 2.69. The Labute approximate surface area is 200 Å². The summed E-state index contributed by atoms with van der Waals surface area (Å²) < 4.78 is 11.0. The van der Waals surface area contributed by atoms with Crippen LogP contribution in [0.5, 0.6) is 0 Å². The van der Waals surface area contributed by atoms with E-state index in [1.165, 1.54) is 12.5 Å². The zero-order valence-electron chi connectivity index (χ0n) is 20.6. The van der Waals surface area contributed by atoms with Gasteiger partial charge in [-0.1, -0.05) is 32.4 Å². The fraction of sp³-hybridized carbons (Fsp3) is 0.704. The molecule has 7 nitrogen and oxygen atoms in total. The van der Waals surface area contributed by atoms with Crippen molar-refractivity contribution in [2.24, 2.45) is 34.5 Å². The summed E-state index contributed by atoms with van der Waals surface area (Å²) in [4.78, 5) is 49.7. The summed E-state index contributed by atoms with van der Waals surface area (Å²) in [5.74, 6) is -0.446. The van der Waals surface area contributed by atoms with E-state index < -0.39 is 29.6 Å². The number of fused-ring (bicyclic) bond motifs is 5. The molecule has 3 saturated carbocycles. The molecule has 3 fully saturated rings. The maximum Gasteiger partial charge on any atom is 0.309 e. The van der Waals surface area contributed by atoms with Gasteiger partial charge in [-0.3, -0.25) is 19.2 Å². The molecule has 0 spiro atoms. The first-order valence-corrected chi connectivity index (χ1v) is 12.4. The Hall–Kier alpha value is -2.28. The lowest BCUT2D eigenvalue weighted by molar-refractivity contribution is -0.192. The van der Waals surface area contributed by atoms with E-state index in [9.17, 15) is 24.3 Å². The molecule has 0 aliphatic heterocycles. The van der Waals surface area contributed by atoms with Crippen molar-refractivity contribution in [2.75, 3.05) is 13.2 Å². The molecule has 7 heteroatoms. The number of carbonyl (C=O) groups excluding carboxylic acids is 4. The lowest BCUT2D eigenvalue weighted by Crippen LogP contribution is -2.60. The van der Waals surface area contributed by atoms with E-state index in [0.29, 0.717) is 24.7 Å². The van der Waals surface area contributed by atoms with Crippen molar-refractivity contribution < 1.29 is 33.8 Å². The van der Waals surface area contributed by atoms with Gasteiger partial charge in [0.25, 0.3) is 0 Å². The molecular weight excluding hydrogens is 436 g/mol. The van der Waals surface area contributed by atoms with Gasteiger partial charge in [0.1, 0.15) is 0 Å². The van der Waals surface area contributed by atoms with Crippen LogP contribution in [0, 0.1) is 34.5 Å². The van der Waals surface area contributed by atoms with Gasteiger partial charge in [-0.15, -0.1) is 0 Å². The average Bonchev–Trinajstić information content (AvgIpc) is 3.07. The second kappa shape index (κ2) is 8.74. The monoisotopic (exact) mass is 472 g/mol. The number of ketones is 2. The summed E-state index contributed by atoms with van der Waals surface area (Å²) in [6.07, 6.45) is 8.97. The van der Waals surface area contributed by atoms with Gasteiger partial charge >= 0.3 is 11.9 Å². The molecule has 4 aliphatic carbocycles. The van der Waals surface area contributed by atoms with Gasteiger partial charge in [-0.05, 0) is 67.9 Å². The zero-order valence-corrected chi connectivity index (χ0v) is 20.6. The number of ether oxygens (including phenoxy) is 2. The minimum absolute atomic E-state index is 0.0465. The maximum absolute atomic E-state index is 13.5. The molecule has 1 N–H and O–H groups in total. The molecule has 0 bridgehead atoms. The second-order valence-electron chi connectivity index (χ2n) is 11.1. The highest BCUT2D eigenvalue weighted by molar-refractivity contribution is 6.01. The first-order valence-electron chi connectivity index (χ1n) is 12.4. The van der Waals surface area contributed by atoms with Crippen LogP contribution in [0.2, 0.25) is 0 Å². The summed E-state index contributed by atoms with van der Waals surface area (Å²) in [6.45, 7) is 6.93. The highest BCUT2D eigenvalue weighted by Crippen LogP contribution is 2.68. The molecule has 0 amide bonds. The van der Waals surface area contributed by atoms with Crippen LogP contribution in [0.15, 0.2) is 23.8 Å². The van der Waals surface area contributed by atoms with E-state index in [2.05, 4.69) is 26.8 Å². The lowest BCUT2D eigenvalue weighted by atomic mass is 9.45. The van der Waals surface area contributed by atoms with Crippen molar-refractivity contribution in [1.29, 1.82) is 0 Å². The SMILES string of the molecule is CC(=O)OCC(=O)[C@@]1(OC(=O)CCO)CC[C@H]2[C@@H]3C[C@H](C)C4=CC(=O)C=C[C@]4(C)[C@H]3CC[C@@]21C. The van der Waals surface area contributed by atoms with Crippen LogP contribution in [-0.2, 0) is 28.7 Å². The van der Waals surface area contributed by atoms with Crippen molar-refractivity contribution in [3.63, 3.8) is 0 Å². The van der Waals surface area contributed by atoms with Crippen LogP contribution >= 0.6 is 0 Å². The predicted molar refractivity (Wildman–Crippen MR) is 123 cm³/mol. The van der Waals surface area contributed by atoms with Crippen molar-refractivity contribution in [2.45, 2.75) is 71.8 Å². The molecule has 4 rings (SSSR count). The second-order valence-corrected chi connectivity index (χ2v) is 11.1. The molecule has 7 atom stereocenters. The third-order valence-corrected chi connectivity index (χ3v) is 9.46. The molecule has 0 radical (unpaired) electrons.